The zero-order chi connectivity index (χ0) is 22.6. The smallest absolute Gasteiger partial charge is 0.186 e. The summed E-state index contributed by atoms with van der Waals surface area (Å²) in [6.07, 6.45) is -13.0. The molecule has 2 rings (SSSR count). The van der Waals surface area contributed by atoms with E-state index in [-0.39, 0.29) is 31.7 Å². The van der Waals surface area contributed by atoms with Crippen LogP contribution in [0.1, 0.15) is 33.6 Å². The Kier molecular flexibility index (Phi) is 9.40. The Labute approximate surface area is 175 Å². The zero-order valence-corrected chi connectivity index (χ0v) is 17.6. The molecule has 178 valence electrons. The van der Waals surface area contributed by atoms with Gasteiger partial charge in [0.25, 0.3) is 0 Å². The van der Waals surface area contributed by atoms with Crippen molar-refractivity contribution < 1.29 is 54.7 Å². The molecule has 7 N–H and O–H groups in total. The van der Waals surface area contributed by atoms with Crippen LogP contribution in [0.4, 0.5) is 0 Å². The van der Waals surface area contributed by atoms with Crippen LogP contribution in [0.2, 0.25) is 0 Å². The van der Waals surface area contributed by atoms with Gasteiger partial charge in [-0.3, -0.25) is 0 Å². The quantitative estimate of drug-likeness (QED) is 0.211. The van der Waals surface area contributed by atoms with E-state index in [0.717, 1.165) is 0 Å². The van der Waals surface area contributed by atoms with E-state index < -0.39 is 61.4 Å². The Morgan fingerprint density at radius 3 is 1.73 bits per heavy atom. The van der Waals surface area contributed by atoms with Crippen molar-refractivity contribution in [2.45, 2.75) is 95.0 Å². The molecule has 0 radical (unpaired) electrons. The topological polar surface area (TPSA) is 179 Å². The summed E-state index contributed by atoms with van der Waals surface area (Å²) in [6, 6.07) is 0. The van der Waals surface area contributed by atoms with Gasteiger partial charge in [-0.2, -0.15) is 0 Å². The molecule has 0 aromatic rings. The van der Waals surface area contributed by atoms with Crippen molar-refractivity contribution in [3.8, 4) is 0 Å². The molecule has 0 aliphatic carbocycles. The molecule has 2 saturated heterocycles. The Hall–Kier alpha value is -0.440. The first kappa shape index (κ1) is 25.8. The maximum atomic E-state index is 10.2. The van der Waals surface area contributed by atoms with Gasteiger partial charge in [-0.15, -0.1) is 0 Å². The first-order chi connectivity index (χ1) is 14.0. The number of hydrogen-bond acceptors (Lipinski definition) is 11. The van der Waals surface area contributed by atoms with Crippen molar-refractivity contribution in [3.63, 3.8) is 0 Å². The van der Waals surface area contributed by atoms with Gasteiger partial charge in [-0.05, 0) is 18.3 Å². The van der Waals surface area contributed by atoms with Crippen LogP contribution in [0.3, 0.4) is 0 Å². The molecule has 2 fully saturated rings. The molecule has 2 aliphatic rings. The van der Waals surface area contributed by atoms with E-state index in [1.165, 1.54) is 0 Å². The van der Waals surface area contributed by atoms with Crippen LogP contribution in [0.5, 0.6) is 0 Å². The highest BCUT2D eigenvalue weighted by atomic mass is 16.7. The number of aliphatic hydroxyl groups excluding tert-OH is 7. The normalized spacial score (nSPS) is 43.0. The average molecular weight is 440 g/mol. The molecule has 0 spiro atoms. The third-order valence-corrected chi connectivity index (χ3v) is 5.31. The fraction of sp³-hybridized carbons (Fsp3) is 1.00. The minimum atomic E-state index is -1.58. The minimum absolute atomic E-state index is 0.00870. The summed E-state index contributed by atoms with van der Waals surface area (Å²) in [7, 11) is 0. The molecule has 0 aromatic heterocycles. The van der Waals surface area contributed by atoms with Crippen LogP contribution < -0.4 is 0 Å². The predicted molar refractivity (Wildman–Crippen MR) is 101 cm³/mol. The maximum Gasteiger partial charge on any atom is 0.186 e. The van der Waals surface area contributed by atoms with Gasteiger partial charge in [0.15, 0.2) is 12.6 Å². The molecular formula is C19H36O11. The van der Waals surface area contributed by atoms with Crippen molar-refractivity contribution in [2.75, 3.05) is 19.8 Å². The van der Waals surface area contributed by atoms with Crippen molar-refractivity contribution in [3.05, 3.63) is 0 Å². The fourth-order valence-corrected chi connectivity index (χ4v) is 3.28. The molecule has 11 heteroatoms. The van der Waals surface area contributed by atoms with Crippen LogP contribution in [0.25, 0.3) is 0 Å². The highest BCUT2D eigenvalue weighted by Crippen LogP contribution is 2.27. The van der Waals surface area contributed by atoms with Gasteiger partial charge in [-0.25, -0.2) is 0 Å². The summed E-state index contributed by atoms with van der Waals surface area (Å²) in [6.45, 7) is 5.66. The summed E-state index contributed by atoms with van der Waals surface area (Å²) in [5, 5.41) is 69.5. The molecule has 0 unspecified atom stereocenters. The van der Waals surface area contributed by atoms with Crippen molar-refractivity contribution >= 4 is 0 Å². The number of ether oxygens (including phenoxy) is 4. The van der Waals surface area contributed by atoms with Crippen LogP contribution >= 0.6 is 0 Å². The maximum absolute atomic E-state index is 10.2. The van der Waals surface area contributed by atoms with E-state index in [4.69, 9.17) is 24.1 Å². The number of rotatable bonds is 8. The highest BCUT2D eigenvalue weighted by Gasteiger charge is 2.47. The van der Waals surface area contributed by atoms with E-state index >= 15 is 0 Å². The summed E-state index contributed by atoms with van der Waals surface area (Å²) < 4.78 is 21.9. The Morgan fingerprint density at radius 2 is 1.20 bits per heavy atom. The summed E-state index contributed by atoms with van der Waals surface area (Å²) in [4.78, 5) is 0. The molecule has 0 aromatic carbocycles. The molecule has 0 saturated carbocycles. The highest BCUT2D eigenvalue weighted by molar-refractivity contribution is 4.91. The molecule has 10 atom stereocenters. The summed E-state index contributed by atoms with van der Waals surface area (Å²) in [5.74, 6) is 0. The van der Waals surface area contributed by atoms with E-state index in [1.54, 1.807) is 0 Å². The van der Waals surface area contributed by atoms with Gasteiger partial charge in [-0.1, -0.05) is 20.8 Å². The molecule has 30 heavy (non-hydrogen) atoms. The molecule has 11 nitrogen and oxygen atoms in total. The van der Waals surface area contributed by atoms with Crippen molar-refractivity contribution in [2.24, 2.45) is 5.41 Å². The van der Waals surface area contributed by atoms with Gasteiger partial charge in [0.05, 0.1) is 19.3 Å². The van der Waals surface area contributed by atoms with Gasteiger partial charge in [0.1, 0.15) is 42.7 Å². The van der Waals surface area contributed by atoms with E-state index in [9.17, 15) is 30.6 Å². The van der Waals surface area contributed by atoms with Gasteiger partial charge >= 0.3 is 0 Å². The van der Waals surface area contributed by atoms with Crippen molar-refractivity contribution in [1.82, 2.24) is 0 Å². The number of aliphatic hydroxyl groups is 7. The Morgan fingerprint density at radius 1 is 0.700 bits per heavy atom. The molecule has 0 bridgehead atoms. The zero-order valence-electron chi connectivity index (χ0n) is 17.6. The fourth-order valence-electron chi connectivity index (χ4n) is 3.28. The van der Waals surface area contributed by atoms with Crippen LogP contribution in [-0.4, -0.2) is 117 Å². The standard InChI is InChI=1S/C19H36O11/c1-19(2,3)5-7-27-17-15(25)14(24)12(22)10(30-17)8-28-18-16(26)13(23)11(21)9(29-18)4-6-20/h9-18,20-26H,4-8H2,1-3H3/t9-,10-,11-,12-,13+,14+,15+,16+,17+,18+/m1/s1. The second-order valence-corrected chi connectivity index (χ2v) is 9.06. The first-order valence-electron chi connectivity index (χ1n) is 10.2. The van der Waals surface area contributed by atoms with E-state index in [2.05, 4.69) is 0 Å². The van der Waals surface area contributed by atoms with E-state index in [0.29, 0.717) is 6.42 Å². The molecule has 2 aliphatic heterocycles. The third-order valence-electron chi connectivity index (χ3n) is 5.31. The Balaban J connectivity index is 1.95. The van der Waals surface area contributed by atoms with Gasteiger partial charge < -0.3 is 54.7 Å². The molecule has 0 amide bonds. The lowest BCUT2D eigenvalue weighted by atomic mass is 9.93. The van der Waals surface area contributed by atoms with Gasteiger partial charge in [0.2, 0.25) is 0 Å². The van der Waals surface area contributed by atoms with Crippen LogP contribution in [-0.2, 0) is 18.9 Å². The lowest BCUT2D eigenvalue weighted by Gasteiger charge is -2.43. The summed E-state index contributed by atoms with van der Waals surface area (Å²) >= 11 is 0. The van der Waals surface area contributed by atoms with Crippen LogP contribution in [0, 0.1) is 5.41 Å². The third kappa shape index (κ3) is 6.53. The Bertz CT molecular complexity index is 513. The molecule has 2 heterocycles. The van der Waals surface area contributed by atoms with E-state index in [1.807, 2.05) is 20.8 Å². The van der Waals surface area contributed by atoms with Crippen molar-refractivity contribution in [1.29, 1.82) is 0 Å². The lowest BCUT2D eigenvalue weighted by molar-refractivity contribution is -0.330. The SMILES string of the molecule is CC(C)(C)CCO[C@H]1O[C@H](CO[C@H]2O[C@H](CCO)[C@@H](O)[C@H](O)[C@@H]2O)[C@@H](O)[C@H](O)[C@@H]1O. The first-order valence-corrected chi connectivity index (χ1v) is 10.2. The lowest BCUT2D eigenvalue weighted by Crippen LogP contribution is -2.61. The summed E-state index contributed by atoms with van der Waals surface area (Å²) in [5.41, 5.74) is -0.00870. The average Bonchev–Trinajstić information content (AvgIpc) is 2.67. The second-order valence-electron chi connectivity index (χ2n) is 9.06. The molecular weight excluding hydrogens is 404 g/mol. The van der Waals surface area contributed by atoms with Gasteiger partial charge in [0, 0.05) is 6.61 Å². The minimum Gasteiger partial charge on any atom is -0.396 e. The monoisotopic (exact) mass is 440 g/mol. The van der Waals surface area contributed by atoms with Crippen LogP contribution in [0.15, 0.2) is 0 Å². The largest absolute Gasteiger partial charge is 0.396 e. The second kappa shape index (κ2) is 10.9. The number of hydrogen-bond donors (Lipinski definition) is 7. The predicted octanol–water partition coefficient (Wildman–Crippen LogP) is -2.55.